The highest BCUT2D eigenvalue weighted by atomic mass is 16.5. The summed E-state index contributed by atoms with van der Waals surface area (Å²) in [6.07, 6.45) is 8.71. The monoisotopic (exact) mass is 476 g/mol. The smallest absolute Gasteiger partial charge is 0.0865 e. The van der Waals surface area contributed by atoms with Crippen LogP contribution in [0.1, 0.15) is 113 Å². The Morgan fingerprint density at radius 1 is 0.765 bits per heavy atom. The van der Waals surface area contributed by atoms with Crippen LogP contribution in [0.2, 0.25) is 0 Å². The molecule has 0 aromatic rings. The average molecular weight is 477 g/mol. The lowest BCUT2D eigenvalue weighted by molar-refractivity contribution is -0.257. The van der Waals surface area contributed by atoms with Crippen LogP contribution in [-0.2, 0) is 4.74 Å². The zero-order valence-corrected chi connectivity index (χ0v) is 23.2. The van der Waals surface area contributed by atoms with Gasteiger partial charge in [-0.15, -0.1) is 0 Å². The summed E-state index contributed by atoms with van der Waals surface area (Å²) in [6, 6.07) is 0. The van der Waals surface area contributed by atoms with Crippen LogP contribution in [-0.4, -0.2) is 44.8 Å². The fraction of sp³-hybridized carbons (Fsp3) is 1.00. The van der Waals surface area contributed by atoms with E-state index < -0.39 is 5.60 Å². The summed E-state index contributed by atoms with van der Waals surface area (Å²) in [5, 5.41) is 33.5. The zero-order chi connectivity index (χ0) is 25.1. The van der Waals surface area contributed by atoms with Crippen molar-refractivity contribution in [3.05, 3.63) is 0 Å². The normalized spacial score (nSPS) is 57.1. The predicted octanol–water partition coefficient (Wildman–Crippen LogP) is 5.71. The van der Waals surface area contributed by atoms with Crippen molar-refractivity contribution < 1.29 is 20.1 Å². The molecule has 4 saturated carbocycles. The van der Waals surface area contributed by atoms with E-state index in [1.165, 1.54) is 6.42 Å². The maximum Gasteiger partial charge on any atom is 0.0865 e. The minimum absolute atomic E-state index is 0.0704. The topological polar surface area (TPSA) is 69.9 Å². The molecule has 0 bridgehead atoms. The molecule has 0 radical (unpaired) electrons. The van der Waals surface area contributed by atoms with Crippen LogP contribution in [0.25, 0.3) is 0 Å². The second kappa shape index (κ2) is 7.45. The minimum atomic E-state index is -0.811. The van der Waals surface area contributed by atoms with E-state index >= 15 is 0 Å². The second-order valence-electron chi connectivity index (χ2n) is 15.5. The molecule has 11 atom stereocenters. The molecule has 0 spiro atoms. The van der Waals surface area contributed by atoms with Crippen LogP contribution in [0.15, 0.2) is 0 Å². The standard InChI is InChI=1S/C30H52O4/c1-25(2)21-10-15-29(7)24(27(21,5)13-11-22(25)32)20(31)17-19-18(9-14-28(19,29)6)30(8)16-12-23(34-30)26(3,4)33/h18-24,31-33H,9-17H2,1-8H3/t18-,19+,20?,21?,22-,23-,24?,27-,28+,29+,30+/m0/s1. The van der Waals surface area contributed by atoms with E-state index in [0.717, 1.165) is 51.4 Å². The second-order valence-corrected chi connectivity index (χ2v) is 15.5. The van der Waals surface area contributed by atoms with Gasteiger partial charge in [0.15, 0.2) is 0 Å². The Kier molecular flexibility index (Phi) is 5.59. The molecule has 0 aromatic heterocycles. The van der Waals surface area contributed by atoms with Crippen molar-refractivity contribution in [2.75, 3.05) is 0 Å². The van der Waals surface area contributed by atoms with Gasteiger partial charge in [-0.3, -0.25) is 0 Å². The molecule has 4 aliphatic carbocycles. The Balaban J connectivity index is 1.48. The van der Waals surface area contributed by atoms with E-state index in [9.17, 15) is 15.3 Å². The third-order valence-corrected chi connectivity index (χ3v) is 13.2. The minimum Gasteiger partial charge on any atom is -0.393 e. The summed E-state index contributed by atoms with van der Waals surface area (Å²) in [4.78, 5) is 0. The summed E-state index contributed by atoms with van der Waals surface area (Å²) in [5.41, 5.74) is -0.766. The molecule has 4 nitrogen and oxygen atoms in total. The van der Waals surface area contributed by atoms with Gasteiger partial charge >= 0.3 is 0 Å². The molecule has 5 rings (SSSR count). The first-order valence-corrected chi connectivity index (χ1v) is 14.3. The third-order valence-electron chi connectivity index (χ3n) is 13.2. The summed E-state index contributed by atoms with van der Waals surface area (Å²) in [7, 11) is 0. The molecule has 1 aliphatic heterocycles. The van der Waals surface area contributed by atoms with E-state index in [1.54, 1.807) is 0 Å². The van der Waals surface area contributed by atoms with E-state index in [1.807, 2.05) is 13.8 Å². The molecular weight excluding hydrogens is 424 g/mol. The highest BCUT2D eigenvalue weighted by molar-refractivity contribution is 5.20. The quantitative estimate of drug-likeness (QED) is 0.477. The Bertz CT molecular complexity index is 817. The van der Waals surface area contributed by atoms with Crippen molar-refractivity contribution >= 4 is 0 Å². The van der Waals surface area contributed by atoms with E-state index in [4.69, 9.17) is 4.74 Å². The van der Waals surface area contributed by atoms with Crippen LogP contribution >= 0.6 is 0 Å². The van der Waals surface area contributed by atoms with Gasteiger partial charge in [0.2, 0.25) is 0 Å². The SMILES string of the molecule is CC(C)(O)[C@@H]1CC[C@](C)([C@H]2CC[C@]3(C)[C@@H]2CC(O)C2[C@@]4(C)CC[C@H](O)C(C)(C)C4CC[C@]23C)O1. The number of aliphatic hydroxyl groups is 3. The number of rotatable bonds is 2. The predicted molar refractivity (Wildman–Crippen MR) is 135 cm³/mol. The van der Waals surface area contributed by atoms with Crippen molar-refractivity contribution in [2.45, 2.75) is 143 Å². The molecule has 5 aliphatic rings. The molecule has 34 heavy (non-hydrogen) atoms. The van der Waals surface area contributed by atoms with Gasteiger partial charge in [-0.25, -0.2) is 0 Å². The van der Waals surface area contributed by atoms with Gasteiger partial charge in [0.05, 0.1) is 29.5 Å². The molecule has 1 saturated heterocycles. The lowest BCUT2D eigenvalue weighted by Crippen LogP contribution is -2.67. The Morgan fingerprint density at radius 3 is 2.03 bits per heavy atom. The molecule has 0 amide bonds. The van der Waals surface area contributed by atoms with Gasteiger partial charge in [-0.2, -0.15) is 0 Å². The Hall–Kier alpha value is -0.160. The summed E-state index contributed by atoms with van der Waals surface area (Å²) >= 11 is 0. The first-order valence-electron chi connectivity index (χ1n) is 14.3. The molecule has 4 heteroatoms. The van der Waals surface area contributed by atoms with Crippen LogP contribution in [0.3, 0.4) is 0 Å². The highest BCUT2D eigenvalue weighted by Gasteiger charge is 2.72. The van der Waals surface area contributed by atoms with Gasteiger partial charge < -0.3 is 20.1 Å². The Morgan fingerprint density at radius 2 is 1.41 bits per heavy atom. The van der Waals surface area contributed by atoms with Gasteiger partial charge in [0.1, 0.15) is 0 Å². The Labute approximate surface area is 208 Å². The molecule has 0 aromatic carbocycles. The molecule has 3 unspecified atom stereocenters. The fourth-order valence-electron chi connectivity index (χ4n) is 11.2. The fourth-order valence-corrected chi connectivity index (χ4v) is 11.2. The molecule has 196 valence electrons. The van der Waals surface area contributed by atoms with Crippen LogP contribution < -0.4 is 0 Å². The summed E-state index contributed by atoms with van der Waals surface area (Å²) < 4.78 is 6.68. The van der Waals surface area contributed by atoms with Crippen molar-refractivity contribution in [3.63, 3.8) is 0 Å². The van der Waals surface area contributed by atoms with Crippen molar-refractivity contribution in [2.24, 2.45) is 45.3 Å². The number of hydrogen-bond donors (Lipinski definition) is 3. The number of ether oxygens (including phenoxy) is 1. The van der Waals surface area contributed by atoms with E-state index in [2.05, 4.69) is 41.5 Å². The molecule has 1 heterocycles. The van der Waals surface area contributed by atoms with Crippen molar-refractivity contribution in [1.29, 1.82) is 0 Å². The van der Waals surface area contributed by atoms with E-state index in [-0.39, 0.29) is 51.5 Å². The summed E-state index contributed by atoms with van der Waals surface area (Å²) in [6.45, 7) is 18.1. The van der Waals surface area contributed by atoms with Crippen molar-refractivity contribution in [3.8, 4) is 0 Å². The van der Waals surface area contributed by atoms with Crippen LogP contribution in [0.5, 0.6) is 0 Å². The van der Waals surface area contributed by atoms with Gasteiger partial charge in [0, 0.05) is 0 Å². The zero-order valence-electron chi connectivity index (χ0n) is 23.2. The lowest BCUT2D eigenvalue weighted by Gasteiger charge is -2.70. The average Bonchev–Trinajstić information content (AvgIpc) is 3.27. The number of fused-ring (bicyclic) bond motifs is 5. The maximum absolute atomic E-state index is 12.0. The molecule has 5 fully saturated rings. The lowest BCUT2D eigenvalue weighted by atomic mass is 9.35. The molecular formula is C30H52O4. The largest absolute Gasteiger partial charge is 0.393 e. The van der Waals surface area contributed by atoms with Crippen LogP contribution in [0.4, 0.5) is 0 Å². The van der Waals surface area contributed by atoms with Gasteiger partial charge in [0.25, 0.3) is 0 Å². The van der Waals surface area contributed by atoms with Gasteiger partial charge in [-0.1, -0.05) is 34.6 Å². The molecule has 3 N–H and O–H groups in total. The number of hydrogen-bond acceptors (Lipinski definition) is 4. The summed E-state index contributed by atoms with van der Waals surface area (Å²) in [5.74, 6) is 1.63. The highest BCUT2D eigenvalue weighted by Crippen LogP contribution is 2.76. The van der Waals surface area contributed by atoms with Crippen LogP contribution in [0, 0.1) is 45.3 Å². The first kappa shape index (κ1) is 25.5. The van der Waals surface area contributed by atoms with Crippen molar-refractivity contribution in [1.82, 2.24) is 0 Å². The van der Waals surface area contributed by atoms with Gasteiger partial charge in [-0.05, 0) is 124 Å². The first-order chi connectivity index (χ1) is 15.5. The third kappa shape index (κ3) is 3.16. The number of aliphatic hydroxyl groups excluding tert-OH is 2. The van der Waals surface area contributed by atoms with E-state index in [0.29, 0.717) is 17.8 Å². The maximum atomic E-state index is 12.0.